The first-order valence-corrected chi connectivity index (χ1v) is 7.43. The Bertz CT molecular complexity index is 550. The van der Waals surface area contributed by atoms with Crippen LogP contribution in [0.15, 0.2) is 22.7 Å². The number of amides is 2. The number of ether oxygens (including phenoxy) is 1. The molecule has 0 aliphatic carbocycles. The van der Waals surface area contributed by atoms with E-state index < -0.39 is 5.97 Å². The number of halogens is 1. The summed E-state index contributed by atoms with van der Waals surface area (Å²) in [6.07, 6.45) is 1.53. The lowest BCUT2D eigenvalue weighted by atomic mass is 10.1. The number of carbonyl (C=O) groups is 2. The zero-order valence-corrected chi connectivity index (χ0v) is 13.2. The largest absolute Gasteiger partial charge is 0.497 e. The molecule has 1 aliphatic rings. The van der Waals surface area contributed by atoms with Crippen molar-refractivity contribution in [3.63, 3.8) is 0 Å². The first kappa shape index (κ1) is 15.6. The van der Waals surface area contributed by atoms with Gasteiger partial charge in [-0.1, -0.05) is 15.9 Å². The van der Waals surface area contributed by atoms with E-state index in [4.69, 9.17) is 9.84 Å². The molecule has 0 bridgehead atoms. The summed E-state index contributed by atoms with van der Waals surface area (Å²) in [7, 11) is 1.55. The van der Waals surface area contributed by atoms with E-state index in [-0.39, 0.29) is 18.5 Å². The Kier molecular flexibility index (Phi) is 5.06. The summed E-state index contributed by atoms with van der Waals surface area (Å²) < 4.78 is 5.94. The fourth-order valence-corrected chi connectivity index (χ4v) is 2.94. The summed E-state index contributed by atoms with van der Waals surface area (Å²) in [5, 5.41) is 11.7. The van der Waals surface area contributed by atoms with E-state index in [0.29, 0.717) is 18.0 Å². The molecule has 114 valence electrons. The van der Waals surface area contributed by atoms with Crippen molar-refractivity contribution in [3.8, 4) is 5.75 Å². The Morgan fingerprint density at radius 2 is 2.24 bits per heavy atom. The predicted octanol–water partition coefficient (Wildman–Crippen LogP) is 2.93. The van der Waals surface area contributed by atoms with Crippen LogP contribution in [-0.2, 0) is 4.79 Å². The summed E-state index contributed by atoms with van der Waals surface area (Å²) in [4.78, 5) is 24.7. The number of benzene rings is 1. The molecule has 1 saturated heterocycles. The number of rotatable bonds is 4. The number of anilines is 1. The molecule has 1 aromatic carbocycles. The summed E-state index contributed by atoms with van der Waals surface area (Å²) in [5.74, 6) is -0.257. The van der Waals surface area contributed by atoms with Crippen molar-refractivity contribution in [3.05, 3.63) is 22.7 Å². The molecule has 6 nitrogen and oxygen atoms in total. The third kappa shape index (κ3) is 4.10. The van der Waals surface area contributed by atoms with E-state index >= 15 is 0 Å². The Morgan fingerprint density at radius 3 is 2.90 bits per heavy atom. The molecule has 21 heavy (non-hydrogen) atoms. The maximum atomic E-state index is 12.3. The van der Waals surface area contributed by atoms with Crippen molar-refractivity contribution in [2.75, 3.05) is 19.0 Å². The minimum atomic E-state index is -0.885. The molecule has 7 heteroatoms. The zero-order chi connectivity index (χ0) is 15.4. The molecular weight excluding hydrogens is 340 g/mol. The lowest BCUT2D eigenvalue weighted by molar-refractivity contribution is -0.137. The number of methoxy groups -OCH3 is 1. The van der Waals surface area contributed by atoms with Crippen LogP contribution in [0.4, 0.5) is 10.5 Å². The molecule has 0 spiro atoms. The quantitative estimate of drug-likeness (QED) is 0.869. The van der Waals surface area contributed by atoms with Gasteiger partial charge >= 0.3 is 12.0 Å². The molecule has 1 atom stereocenters. The van der Waals surface area contributed by atoms with Gasteiger partial charge in [-0.3, -0.25) is 4.79 Å². The lowest BCUT2D eigenvalue weighted by Gasteiger charge is -2.24. The van der Waals surface area contributed by atoms with Crippen LogP contribution < -0.4 is 10.1 Å². The van der Waals surface area contributed by atoms with Gasteiger partial charge in [-0.25, -0.2) is 4.79 Å². The van der Waals surface area contributed by atoms with Gasteiger partial charge in [0.15, 0.2) is 0 Å². The fraction of sp³-hybridized carbons (Fsp3) is 0.429. The van der Waals surface area contributed by atoms with Gasteiger partial charge in [-0.05, 0) is 25.0 Å². The highest BCUT2D eigenvalue weighted by Gasteiger charge is 2.30. The van der Waals surface area contributed by atoms with Gasteiger partial charge in [0.2, 0.25) is 0 Å². The van der Waals surface area contributed by atoms with E-state index in [1.165, 1.54) is 0 Å². The van der Waals surface area contributed by atoms with Crippen LogP contribution in [0.25, 0.3) is 0 Å². The molecule has 1 unspecified atom stereocenters. The van der Waals surface area contributed by atoms with Gasteiger partial charge in [0, 0.05) is 28.8 Å². The van der Waals surface area contributed by atoms with Gasteiger partial charge < -0.3 is 20.1 Å². The third-order valence-corrected chi connectivity index (χ3v) is 3.86. The van der Waals surface area contributed by atoms with E-state index in [1.807, 2.05) is 0 Å². The number of nitrogens with zero attached hydrogens (tertiary/aromatic N) is 1. The molecule has 0 aromatic heterocycles. The number of carboxylic acids is 1. The Balaban J connectivity index is 2.06. The standard InChI is InChI=1S/C14H17BrN2O4/c1-21-12-6-9(15)5-10(7-12)16-14(20)17-4-2-3-11(17)8-13(18)19/h5-7,11H,2-4,8H2,1H3,(H,16,20)(H,18,19). The maximum Gasteiger partial charge on any atom is 0.322 e. The number of aliphatic carboxylic acids is 1. The summed E-state index contributed by atoms with van der Waals surface area (Å²) in [5.41, 5.74) is 0.604. The Labute approximate surface area is 131 Å². The molecular formula is C14H17BrN2O4. The number of hydrogen-bond acceptors (Lipinski definition) is 3. The molecule has 2 N–H and O–H groups in total. The average molecular weight is 357 g/mol. The second-order valence-corrected chi connectivity index (χ2v) is 5.81. The van der Waals surface area contributed by atoms with Gasteiger partial charge in [0.05, 0.1) is 13.5 Å². The van der Waals surface area contributed by atoms with Crippen LogP contribution in [0.5, 0.6) is 5.75 Å². The van der Waals surface area contributed by atoms with Crippen LogP contribution in [0.2, 0.25) is 0 Å². The molecule has 1 fully saturated rings. The van der Waals surface area contributed by atoms with Gasteiger partial charge in [-0.2, -0.15) is 0 Å². The minimum Gasteiger partial charge on any atom is -0.497 e. The summed E-state index contributed by atoms with van der Waals surface area (Å²) in [6.45, 7) is 0.578. The van der Waals surface area contributed by atoms with Crippen LogP contribution in [-0.4, -0.2) is 41.7 Å². The van der Waals surface area contributed by atoms with Crippen molar-refractivity contribution < 1.29 is 19.4 Å². The topological polar surface area (TPSA) is 78.9 Å². The highest BCUT2D eigenvalue weighted by atomic mass is 79.9. The van der Waals surface area contributed by atoms with Crippen LogP contribution in [0.1, 0.15) is 19.3 Å². The maximum absolute atomic E-state index is 12.3. The van der Waals surface area contributed by atoms with Crippen LogP contribution >= 0.6 is 15.9 Å². The molecule has 1 heterocycles. The molecule has 1 aliphatic heterocycles. The van der Waals surface area contributed by atoms with Crippen molar-refractivity contribution in [1.29, 1.82) is 0 Å². The lowest BCUT2D eigenvalue weighted by Crippen LogP contribution is -2.39. The highest BCUT2D eigenvalue weighted by Crippen LogP contribution is 2.26. The van der Waals surface area contributed by atoms with E-state index in [0.717, 1.165) is 17.3 Å². The normalized spacial score (nSPS) is 17.6. The van der Waals surface area contributed by atoms with Crippen molar-refractivity contribution in [1.82, 2.24) is 4.90 Å². The third-order valence-electron chi connectivity index (χ3n) is 3.41. The number of carboxylic acid groups (broad SMARTS) is 1. The smallest absolute Gasteiger partial charge is 0.322 e. The SMILES string of the molecule is COc1cc(Br)cc(NC(=O)N2CCCC2CC(=O)O)c1. The first-order valence-electron chi connectivity index (χ1n) is 6.63. The Morgan fingerprint density at radius 1 is 1.48 bits per heavy atom. The van der Waals surface area contributed by atoms with Crippen molar-refractivity contribution >= 4 is 33.6 Å². The van der Waals surface area contributed by atoms with Gasteiger partial charge in [0.25, 0.3) is 0 Å². The molecule has 0 saturated carbocycles. The number of carbonyl (C=O) groups excluding carboxylic acids is 1. The summed E-state index contributed by atoms with van der Waals surface area (Å²) in [6, 6.07) is 4.75. The predicted molar refractivity (Wildman–Crippen MR) is 81.7 cm³/mol. The zero-order valence-electron chi connectivity index (χ0n) is 11.6. The van der Waals surface area contributed by atoms with E-state index in [9.17, 15) is 9.59 Å². The van der Waals surface area contributed by atoms with E-state index in [2.05, 4.69) is 21.2 Å². The van der Waals surface area contributed by atoms with Crippen molar-refractivity contribution in [2.24, 2.45) is 0 Å². The number of nitrogens with one attached hydrogen (secondary N) is 1. The number of urea groups is 1. The van der Waals surface area contributed by atoms with Crippen LogP contribution in [0, 0.1) is 0 Å². The second-order valence-electron chi connectivity index (χ2n) is 4.90. The van der Waals surface area contributed by atoms with Crippen molar-refractivity contribution in [2.45, 2.75) is 25.3 Å². The van der Waals surface area contributed by atoms with E-state index in [1.54, 1.807) is 30.2 Å². The molecule has 2 rings (SSSR count). The molecule has 0 radical (unpaired) electrons. The second kappa shape index (κ2) is 6.80. The monoisotopic (exact) mass is 356 g/mol. The first-order chi connectivity index (χ1) is 9.99. The summed E-state index contributed by atoms with van der Waals surface area (Å²) >= 11 is 3.35. The number of hydrogen-bond donors (Lipinski definition) is 2. The number of likely N-dealkylation sites (tertiary alicyclic amines) is 1. The fourth-order valence-electron chi connectivity index (χ4n) is 2.46. The molecule has 2 amide bonds. The highest BCUT2D eigenvalue weighted by molar-refractivity contribution is 9.10. The molecule has 1 aromatic rings. The van der Waals surface area contributed by atoms with Gasteiger partial charge in [0.1, 0.15) is 5.75 Å². The minimum absolute atomic E-state index is 0.0186. The van der Waals surface area contributed by atoms with Crippen LogP contribution in [0.3, 0.4) is 0 Å². The Hall–Kier alpha value is -1.76. The average Bonchev–Trinajstić information content (AvgIpc) is 2.85. The van der Waals surface area contributed by atoms with Gasteiger partial charge in [-0.15, -0.1) is 0 Å².